The van der Waals surface area contributed by atoms with Crippen LogP contribution < -0.4 is 0 Å². The summed E-state index contributed by atoms with van der Waals surface area (Å²) in [5.74, 6) is 0.0821. The van der Waals surface area contributed by atoms with E-state index in [1.807, 2.05) is 27.6 Å². The second-order valence-corrected chi connectivity index (χ2v) is 36.9. The lowest BCUT2D eigenvalue weighted by Crippen LogP contribution is -2.30. The molecule has 0 aliphatic carbocycles. The smallest absolute Gasteiger partial charge is 0.261 e. The Bertz CT molecular complexity index is 3190. The van der Waals surface area contributed by atoms with Crippen LogP contribution in [0.4, 0.5) is 0 Å². The maximum atomic E-state index is 15.5. The van der Waals surface area contributed by atoms with E-state index in [0.29, 0.717) is 24.2 Å². The largest absolute Gasteiger partial charge is 0.306 e. The third kappa shape index (κ3) is 27.3. The summed E-state index contributed by atoms with van der Waals surface area (Å²) >= 11 is 11.8. The fourth-order valence-corrected chi connectivity index (χ4v) is 24.2. The number of rotatable bonds is 65. The summed E-state index contributed by atoms with van der Waals surface area (Å²) in [5, 5.41) is 4.63. The minimum absolute atomic E-state index is 0.0411. The third-order valence-electron chi connectivity index (χ3n) is 22.4. The van der Waals surface area contributed by atoms with Crippen molar-refractivity contribution < 1.29 is 9.59 Å². The molecule has 8 rings (SSSR count). The van der Waals surface area contributed by atoms with Gasteiger partial charge in [0.15, 0.2) is 0 Å². The quantitative estimate of drug-likeness (QED) is 0.0357. The average Bonchev–Trinajstić information content (AvgIpc) is 1.56. The molecule has 560 valence electrons. The van der Waals surface area contributed by atoms with Gasteiger partial charge in [0.25, 0.3) is 11.8 Å². The molecule has 0 N–H and O–H groups in total. The van der Waals surface area contributed by atoms with Crippen LogP contribution in [0.5, 0.6) is 0 Å². The Hall–Kier alpha value is -2.60. The van der Waals surface area contributed by atoms with Gasteiger partial charge in [-0.05, 0) is 78.6 Å². The maximum Gasteiger partial charge on any atom is 0.261 e. The molecule has 0 saturated carbocycles. The fourth-order valence-electron chi connectivity index (χ4n) is 16.2. The van der Waals surface area contributed by atoms with Gasteiger partial charge in [0.2, 0.25) is 0 Å². The zero-order valence-electron chi connectivity index (χ0n) is 64.5. The molecular formula is C90H142N2O2S6. The van der Waals surface area contributed by atoms with E-state index in [1.165, 1.54) is 386 Å². The number of aryl methyl sites for hydroxylation is 2. The van der Waals surface area contributed by atoms with Crippen molar-refractivity contribution in [3.8, 4) is 9.75 Å². The topological polar surface area (TPSA) is 40.6 Å². The van der Waals surface area contributed by atoms with Gasteiger partial charge >= 0.3 is 0 Å². The highest BCUT2D eigenvalue weighted by Crippen LogP contribution is 2.56. The lowest BCUT2D eigenvalue weighted by molar-refractivity contribution is -0.124. The van der Waals surface area contributed by atoms with Crippen LogP contribution in [-0.2, 0) is 22.4 Å². The van der Waals surface area contributed by atoms with E-state index >= 15 is 9.59 Å². The molecule has 0 radical (unpaired) electrons. The number of unbranched alkanes of at least 4 members (excludes halogenated alkanes) is 54. The van der Waals surface area contributed by atoms with Crippen molar-refractivity contribution in [3.05, 3.63) is 67.1 Å². The Labute approximate surface area is 636 Å². The van der Waals surface area contributed by atoms with Crippen LogP contribution in [0.15, 0.2) is 46.2 Å². The molecule has 6 aromatic heterocycles. The van der Waals surface area contributed by atoms with Gasteiger partial charge in [0.1, 0.15) is 0 Å². The van der Waals surface area contributed by atoms with Gasteiger partial charge in [0.05, 0.1) is 60.5 Å². The van der Waals surface area contributed by atoms with E-state index in [9.17, 15) is 0 Å². The van der Waals surface area contributed by atoms with Gasteiger partial charge in [-0.2, -0.15) is 0 Å². The number of thiophene rings is 6. The van der Waals surface area contributed by atoms with Crippen molar-refractivity contribution in [2.75, 3.05) is 13.1 Å². The van der Waals surface area contributed by atoms with Crippen LogP contribution in [0.3, 0.4) is 0 Å². The molecule has 100 heavy (non-hydrogen) atoms. The lowest BCUT2D eigenvalue weighted by Gasteiger charge is -2.24. The second-order valence-electron chi connectivity index (χ2n) is 30.9. The van der Waals surface area contributed by atoms with Gasteiger partial charge in [-0.3, -0.25) is 9.59 Å². The molecule has 0 atom stereocenters. The SMILES string of the molecule is CCCCCCCCCCCCCCCCCc1csc2c1sc1c3sc(-c4ccc(C5=C6C(=O)N(CCCCCCCCCCCCCCCC)C(c7cccs7)=C6C(=O)N5CCCCCCCCCCCCCCCC)s4)c(CCCCCCCCCCCCCCCCC)c3sc21. The molecule has 2 aliphatic heterocycles. The van der Waals surface area contributed by atoms with Crippen molar-refractivity contribution >= 4 is 119 Å². The molecule has 0 saturated heterocycles. The first kappa shape index (κ1) is 83.0. The van der Waals surface area contributed by atoms with E-state index in [2.05, 4.69) is 102 Å². The molecule has 2 amide bonds. The number of carbonyl (C=O) groups excluding carboxylic acids is 2. The second kappa shape index (κ2) is 50.8. The van der Waals surface area contributed by atoms with Gasteiger partial charge in [-0.25, -0.2) is 0 Å². The van der Waals surface area contributed by atoms with Crippen LogP contribution in [0.2, 0.25) is 0 Å². The van der Waals surface area contributed by atoms with Crippen molar-refractivity contribution in [1.82, 2.24) is 9.80 Å². The molecule has 0 spiro atoms. The lowest BCUT2D eigenvalue weighted by atomic mass is 10.0. The fraction of sp³-hybridized carbons (Fsp3) is 0.733. The average molecular weight is 1480 g/mol. The van der Waals surface area contributed by atoms with Crippen LogP contribution in [0.25, 0.3) is 49.3 Å². The van der Waals surface area contributed by atoms with Gasteiger partial charge < -0.3 is 9.80 Å². The number of hydrogen-bond acceptors (Lipinski definition) is 8. The zero-order chi connectivity index (χ0) is 69.9. The minimum atomic E-state index is 0.0411. The number of nitrogens with zero attached hydrogens (tertiary/aromatic N) is 2. The molecule has 0 unspecified atom stereocenters. The van der Waals surface area contributed by atoms with Crippen LogP contribution in [0.1, 0.15) is 421 Å². The van der Waals surface area contributed by atoms with Crippen LogP contribution >= 0.6 is 68.0 Å². The number of amides is 2. The Balaban J connectivity index is 0.962. The molecule has 0 fully saturated rings. The summed E-state index contributed by atoms with van der Waals surface area (Å²) in [6, 6.07) is 8.92. The summed E-state index contributed by atoms with van der Waals surface area (Å²) in [6.45, 7) is 10.6. The Morgan fingerprint density at radius 1 is 0.280 bits per heavy atom. The van der Waals surface area contributed by atoms with Crippen molar-refractivity contribution in [1.29, 1.82) is 0 Å². The molecule has 2 aliphatic rings. The van der Waals surface area contributed by atoms with E-state index in [4.69, 9.17) is 0 Å². The predicted molar refractivity (Wildman–Crippen MR) is 453 cm³/mol. The summed E-state index contributed by atoms with van der Waals surface area (Å²) in [6.07, 6.45) is 80.6. The molecule has 6 aromatic rings. The minimum Gasteiger partial charge on any atom is -0.306 e. The molecular weight excluding hydrogens is 1330 g/mol. The molecule has 0 aromatic carbocycles. The van der Waals surface area contributed by atoms with Crippen molar-refractivity contribution in [2.45, 2.75) is 413 Å². The van der Waals surface area contributed by atoms with Gasteiger partial charge in [-0.15, -0.1) is 68.0 Å². The molecule has 8 heterocycles. The third-order valence-corrected chi connectivity index (χ3v) is 30.0. The first-order valence-electron chi connectivity index (χ1n) is 43.1. The highest BCUT2D eigenvalue weighted by molar-refractivity contribution is 7.45. The Morgan fingerprint density at radius 3 is 0.980 bits per heavy atom. The maximum absolute atomic E-state index is 15.5. The normalized spacial score (nSPS) is 13.6. The summed E-state index contributed by atoms with van der Waals surface area (Å²) in [4.78, 5) is 40.0. The summed E-state index contributed by atoms with van der Waals surface area (Å²) in [7, 11) is 0. The zero-order valence-corrected chi connectivity index (χ0v) is 69.4. The number of carbonyl (C=O) groups is 2. The Morgan fingerprint density at radius 2 is 0.600 bits per heavy atom. The van der Waals surface area contributed by atoms with Crippen molar-refractivity contribution in [2.24, 2.45) is 0 Å². The molecule has 10 heteroatoms. The predicted octanol–water partition coefficient (Wildman–Crippen LogP) is 32.8. The monoisotopic (exact) mass is 1470 g/mol. The Kier molecular flexibility index (Phi) is 42.2. The summed E-state index contributed by atoms with van der Waals surface area (Å²) < 4.78 is 9.16. The van der Waals surface area contributed by atoms with Crippen LogP contribution in [-0.4, -0.2) is 34.7 Å². The van der Waals surface area contributed by atoms with Crippen molar-refractivity contribution in [3.63, 3.8) is 0 Å². The molecule has 0 bridgehead atoms. The highest BCUT2D eigenvalue weighted by atomic mass is 32.1. The molecule has 4 nitrogen and oxygen atoms in total. The number of hydrogen-bond donors (Lipinski definition) is 0. The van der Waals surface area contributed by atoms with Gasteiger partial charge in [0, 0.05) is 22.8 Å². The van der Waals surface area contributed by atoms with E-state index in [1.54, 1.807) is 27.2 Å². The standard InChI is InChI=1S/C90H142N2O2S6/c1-5-9-13-17-21-25-29-33-37-39-43-47-51-55-59-64-73-72-96-85-82(73)98-88-86-84(100-87(85)88)74(65-60-56-52-48-44-40-38-34-30-26-22-18-14-10-6-2)83(99-86)77-68-67-76(97-77)81-79-78(89(93)92(81)70-62-58-54-50-46-42-36-32-28-24-20-16-12-8-4)80(75-66-63-71-95-75)91(90(79)94)69-61-57-53-49-45-41-35-31-27-23-19-15-11-7-3/h63,66-68,71-72H,5-62,64-65,69-70H2,1-4H3. The van der Waals surface area contributed by atoms with Gasteiger partial charge in [-0.1, -0.05) is 380 Å². The first-order valence-corrected chi connectivity index (χ1v) is 48.2. The first-order chi connectivity index (χ1) is 49.5. The van der Waals surface area contributed by atoms with Crippen LogP contribution in [0, 0.1) is 0 Å². The van der Waals surface area contributed by atoms with E-state index in [0.717, 1.165) is 53.3 Å². The summed E-state index contributed by atoms with van der Waals surface area (Å²) in [5.41, 5.74) is 6.23. The highest BCUT2D eigenvalue weighted by Gasteiger charge is 2.49. The van der Waals surface area contributed by atoms with E-state index in [-0.39, 0.29) is 11.8 Å². The van der Waals surface area contributed by atoms with E-state index < -0.39 is 0 Å². The number of fused-ring (bicyclic) bond motifs is 6.